The van der Waals surface area contributed by atoms with Crippen LogP contribution in [0.4, 0.5) is 27.6 Å². The van der Waals surface area contributed by atoms with Gasteiger partial charge in [-0.2, -0.15) is 0 Å². The van der Waals surface area contributed by atoms with E-state index >= 15 is 0 Å². The number of nitrogens with zero attached hydrogens (tertiary/aromatic N) is 1. The van der Waals surface area contributed by atoms with Crippen LogP contribution < -0.4 is 14.8 Å². The Morgan fingerprint density at radius 1 is 0.860 bits per heavy atom. The Kier molecular flexibility index (Phi) is 10.4. The molecular weight excluding hydrogens is 663 g/mol. The van der Waals surface area contributed by atoms with Crippen molar-refractivity contribution in [1.29, 1.82) is 0 Å². The highest BCUT2D eigenvalue weighted by Crippen LogP contribution is 2.43. The second-order valence-corrected chi connectivity index (χ2v) is 12.3. The van der Waals surface area contributed by atoms with Gasteiger partial charge in [-0.1, -0.05) is 43.3 Å². The first-order chi connectivity index (χ1) is 24.0. The van der Waals surface area contributed by atoms with E-state index in [1.165, 1.54) is 23.8 Å². The maximum atomic E-state index is 14.4. The standard InChI is InChI=1S/C37H35F5N2O6/c1-19-28(17-44-12-11-22-14-26(47-2)27(48-3)15-24(22)16-44)49-37(50-35(19)21-9-7-20(18-45)8-10-21)23-5-4-6-25(13-23)43-36(46)29-30(38)32(40)34(42)33(41)31(29)39/h4-10,13-15,19,28,35,37,45H,11-12,16-18H2,1-3H3,(H,43,46)/t19-,28+,35+,37+/m1/s1. The Bertz CT molecular complexity index is 1860. The molecule has 2 aliphatic heterocycles. The van der Waals surface area contributed by atoms with Crippen LogP contribution in [0.5, 0.6) is 11.5 Å². The lowest BCUT2D eigenvalue weighted by Gasteiger charge is -2.43. The SMILES string of the molecule is COc1cc2c(cc1OC)CN(C[C@@H]1O[C@H](c3cccc(NC(=O)c4c(F)c(F)c(F)c(F)c4F)c3)O[C@H](c3ccc(CO)cc3)[C@@H]1C)CC2. The van der Waals surface area contributed by atoms with Crippen molar-refractivity contribution < 1.29 is 50.8 Å². The zero-order valence-corrected chi connectivity index (χ0v) is 27.4. The van der Waals surface area contributed by atoms with Gasteiger partial charge in [0.1, 0.15) is 5.56 Å². The Labute approximate surface area is 285 Å². The van der Waals surface area contributed by atoms with Crippen molar-refractivity contribution in [3.8, 4) is 11.5 Å². The van der Waals surface area contributed by atoms with E-state index in [1.807, 2.05) is 43.3 Å². The fraction of sp³-hybridized carbons (Fsp3) is 0.324. The van der Waals surface area contributed by atoms with Gasteiger partial charge in [0.2, 0.25) is 5.82 Å². The molecule has 0 radical (unpaired) electrons. The lowest BCUT2D eigenvalue weighted by Crippen LogP contribution is -2.45. The maximum Gasteiger partial charge on any atom is 0.261 e. The zero-order chi connectivity index (χ0) is 35.7. The zero-order valence-electron chi connectivity index (χ0n) is 27.4. The lowest BCUT2D eigenvalue weighted by atomic mass is 9.89. The van der Waals surface area contributed by atoms with Crippen molar-refractivity contribution in [3.63, 3.8) is 0 Å². The quantitative estimate of drug-likeness (QED) is 0.111. The summed E-state index contributed by atoms with van der Waals surface area (Å²) in [5.41, 5.74) is 2.72. The number of ether oxygens (including phenoxy) is 4. The third-order valence-electron chi connectivity index (χ3n) is 9.21. The molecule has 2 heterocycles. The van der Waals surface area contributed by atoms with Crippen LogP contribution in [0.1, 0.15) is 57.5 Å². The lowest BCUT2D eigenvalue weighted by molar-refractivity contribution is -0.276. The van der Waals surface area contributed by atoms with Crippen molar-refractivity contribution in [2.45, 2.75) is 45.0 Å². The fourth-order valence-electron chi connectivity index (χ4n) is 6.44. The smallest absolute Gasteiger partial charge is 0.261 e. The molecule has 2 N–H and O–H groups in total. The van der Waals surface area contributed by atoms with Gasteiger partial charge in [-0.15, -0.1) is 0 Å². The number of aliphatic hydroxyl groups is 1. The van der Waals surface area contributed by atoms with Crippen LogP contribution in [-0.4, -0.2) is 49.3 Å². The minimum atomic E-state index is -2.36. The molecule has 0 spiro atoms. The number of anilines is 1. The van der Waals surface area contributed by atoms with E-state index < -0.39 is 53.0 Å². The van der Waals surface area contributed by atoms with Crippen LogP contribution in [0.2, 0.25) is 0 Å². The molecule has 0 aliphatic carbocycles. The van der Waals surface area contributed by atoms with E-state index in [0.29, 0.717) is 30.2 Å². The fourth-order valence-corrected chi connectivity index (χ4v) is 6.44. The van der Waals surface area contributed by atoms with Gasteiger partial charge in [0.15, 0.2) is 41.1 Å². The molecule has 13 heteroatoms. The first kappa shape index (κ1) is 35.3. The third-order valence-corrected chi connectivity index (χ3v) is 9.21. The van der Waals surface area contributed by atoms with Crippen LogP contribution in [-0.2, 0) is 29.0 Å². The molecule has 1 amide bonds. The third kappa shape index (κ3) is 6.91. The largest absolute Gasteiger partial charge is 0.493 e. The molecule has 6 rings (SSSR count). The summed E-state index contributed by atoms with van der Waals surface area (Å²) in [6.45, 7) is 3.85. The normalized spacial score (nSPS) is 20.7. The van der Waals surface area contributed by atoms with Gasteiger partial charge in [-0.05, 0) is 52.9 Å². The predicted molar refractivity (Wildman–Crippen MR) is 172 cm³/mol. The van der Waals surface area contributed by atoms with Crippen LogP contribution in [0.25, 0.3) is 0 Å². The number of fused-ring (bicyclic) bond motifs is 1. The summed E-state index contributed by atoms with van der Waals surface area (Å²) in [6.07, 6.45) is -0.997. The predicted octanol–water partition coefficient (Wildman–Crippen LogP) is 6.99. The second kappa shape index (κ2) is 14.7. The average Bonchev–Trinajstić information content (AvgIpc) is 3.13. The molecule has 4 aromatic carbocycles. The topological polar surface area (TPSA) is 89.5 Å². The van der Waals surface area contributed by atoms with Crippen molar-refractivity contribution in [2.24, 2.45) is 5.92 Å². The second-order valence-electron chi connectivity index (χ2n) is 12.3. The number of aliphatic hydroxyl groups excluding tert-OH is 1. The molecule has 50 heavy (non-hydrogen) atoms. The van der Waals surface area contributed by atoms with E-state index in [4.69, 9.17) is 18.9 Å². The molecule has 4 aromatic rings. The average molecular weight is 699 g/mol. The number of halogens is 5. The number of carbonyl (C=O) groups is 1. The number of rotatable bonds is 9. The number of hydrogen-bond donors (Lipinski definition) is 2. The highest BCUT2D eigenvalue weighted by atomic mass is 19.2. The number of hydrogen-bond acceptors (Lipinski definition) is 7. The van der Waals surface area contributed by atoms with Gasteiger partial charge in [0, 0.05) is 36.8 Å². The van der Waals surface area contributed by atoms with Crippen LogP contribution in [0, 0.1) is 35.0 Å². The molecule has 264 valence electrons. The van der Waals surface area contributed by atoms with Crippen molar-refractivity contribution >= 4 is 11.6 Å². The van der Waals surface area contributed by atoms with Gasteiger partial charge >= 0.3 is 0 Å². The molecule has 0 aromatic heterocycles. The summed E-state index contributed by atoms with van der Waals surface area (Å²) in [6, 6.07) is 17.4. The molecule has 1 saturated heterocycles. The van der Waals surface area contributed by atoms with E-state index in [2.05, 4.69) is 10.2 Å². The van der Waals surface area contributed by atoms with E-state index in [1.54, 1.807) is 20.3 Å². The van der Waals surface area contributed by atoms with Gasteiger partial charge in [-0.3, -0.25) is 9.69 Å². The first-order valence-electron chi connectivity index (χ1n) is 15.9. The summed E-state index contributed by atoms with van der Waals surface area (Å²) in [5, 5.41) is 11.8. The number of methoxy groups -OCH3 is 2. The molecular formula is C37H35F5N2O6. The van der Waals surface area contributed by atoms with Crippen LogP contribution >= 0.6 is 0 Å². The number of carbonyl (C=O) groups excluding carboxylic acids is 1. The molecule has 8 nitrogen and oxygen atoms in total. The van der Waals surface area contributed by atoms with Crippen LogP contribution in [0.3, 0.4) is 0 Å². The number of benzene rings is 4. The number of amides is 1. The Morgan fingerprint density at radius 3 is 2.14 bits per heavy atom. The van der Waals surface area contributed by atoms with Crippen molar-refractivity contribution in [2.75, 3.05) is 32.6 Å². The molecule has 0 unspecified atom stereocenters. The number of nitrogens with one attached hydrogen (secondary N) is 1. The highest BCUT2D eigenvalue weighted by Gasteiger charge is 2.40. The Morgan fingerprint density at radius 2 is 1.50 bits per heavy atom. The minimum absolute atomic E-state index is 0.0136. The molecule has 4 atom stereocenters. The Balaban J connectivity index is 1.27. The summed E-state index contributed by atoms with van der Waals surface area (Å²) in [5.74, 6) is -11.6. The molecule has 0 saturated carbocycles. The first-order valence-corrected chi connectivity index (χ1v) is 15.9. The summed E-state index contributed by atoms with van der Waals surface area (Å²) in [4.78, 5) is 15.1. The Hall–Kier alpha value is -4.56. The van der Waals surface area contributed by atoms with Gasteiger partial charge in [0.05, 0.1) is 33.0 Å². The van der Waals surface area contributed by atoms with Crippen LogP contribution in [0.15, 0.2) is 60.7 Å². The van der Waals surface area contributed by atoms with E-state index in [-0.39, 0.29) is 24.3 Å². The van der Waals surface area contributed by atoms with Gasteiger partial charge in [0.25, 0.3) is 5.91 Å². The van der Waals surface area contributed by atoms with E-state index in [0.717, 1.165) is 29.7 Å². The monoisotopic (exact) mass is 698 g/mol. The van der Waals surface area contributed by atoms with Gasteiger partial charge in [-0.25, -0.2) is 22.0 Å². The van der Waals surface area contributed by atoms with Gasteiger partial charge < -0.3 is 29.4 Å². The summed E-state index contributed by atoms with van der Waals surface area (Å²) >= 11 is 0. The van der Waals surface area contributed by atoms with Crippen molar-refractivity contribution in [3.05, 3.63) is 123 Å². The molecule has 0 bridgehead atoms. The van der Waals surface area contributed by atoms with Crippen molar-refractivity contribution in [1.82, 2.24) is 4.90 Å². The minimum Gasteiger partial charge on any atom is -0.493 e. The highest BCUT2D eigenvalue weighted by molar-refractivity contribution is 6.04. The summed E-state index contributed by atoms with van der Waals surface area (Å²) in [7, 11) is 3.19. The maximum absolute atomic E-state index is 14.4. The molecule has 2 aliphatic rings. The van der Waals surface area contributed by atoms with E-state index in [9.17, 15) is 31.9 Å². The molecule has 1 fully saturated rings. The summed E-state index contributed by atoms with van der Waals surface area (Å²) < 4.78 is 93.9.